The predicted molar refractivity (Wildman–Crippen MR) is 91.7 cm³/mol. The van der Waals surface area contributed by atoms with Crippen LogP contribution in [0.4, 0.5) is 0 Å². The Morgan fingerprint density at radius 3 is 2.52 bits per heavy atom. The standard InChI is InChI=1S/C16H25N3O3S/c1-3-5-6-14(12-17)19-16(20)13-7-9-15(10-8-13)23(21,22)18-11-4-2/h4,7-10,14,18H,2-3,5-6,11-12,17H2,1H3,(H,19,20). The summed E-state index contributed by atoms with van der Waals surface area (Å²) in [5.74, 6) is -0.250. The van der Waals surface area contributed by atoms with Crippen LogP contribution in [0.1, 0.15) is 36.5 Å². The van der Waals surface area contributed by atoms with Gasteiger partial charge in [0.2, 0.25) is 10.0 Å². The molecule has 1 unspecified atom stereocenters. The number of benzene rings is 1. The first-order chi connectivity index (χ1) is 10.9. The van der Waals surface area contributed by atoms with Gasteiger partial charge in [0.05, 0.1) is 4.90 Å². The van der Waals surface area contributed by atoms with Crippen LogP contribution in [0.2, 0.25) is 0 Å². The van der Waals surface area contributed by atoms with Crippen molar-refractivity contribution in [2.75, 3.05) is 13.1 Å². The number of hydrogen-bond donors (Lipinski definition) is 3. The molecular formula is C16H25N3O3S. The smallest absolute Gasteiger partial charge is 0.251 e. The minimum Gasteiger partial charge on any atom is -0.348 e. The molecule has 1 amide bonds. The molecule has 0 fully saturated rings. The van der Waals surface area contributed by atoms with Crippen LogP contribution in [0.25, 0.3) is 0 Å². The Morgan fingerprint density at radius 2 is 2.00 bits per heavy atom. The number of carbonyl (C=O) groups excluding carboxylic acids is 1. The monoisotopic (exact) mass is 339 g/mol. The van der Waals surface area contributed by atoms with Crippen LogP contribution in [0.3, 0.4) is 0 Å². The highest BCUT2D eigenvalue weighted by atomic mass is 32.2. The van der Waals surface area contributed by atoms with Crippen molar-refractivity contribution in [2.24, 2.45) is 5.73 Å². The number of sulfonamides is 1. The number of amides is 1. The number of hydrogen-bond acceptors (Lipinski definition) is 4. The van der Waals surface area contributed by atoms with E-state index >= 15 is 0 Å². The van der Waals surface area contributed by atoms with Crippen LogP contribution >= 0.6 is 0 Å². The third-order valence-electron chi connectivity index (χ3n) is 3.37. The quantitative estimate of drug-likeness (QED) is 0.561. The van der Waals surface area contributed by atoms with E-state index in [0.717, 1.165) is 19.3 Å². The maximum atomic E-state index is 12.2. The summed E-state index contributed by atoms with van der Waals surface area (Å²) in [6, 6.07) is 5.73. The van der Waals surface area contributed by atoms with Crippen molar-refractivity contribution < 1.29 is 13.2 Å². The van der Waals surface area contributed by atoms with Crippen molar-refractivity contribution in [1.29, 1.82) is 0 Å². The molecule has 0 aliphatic carbocycles. The summed E-state index contributed by atoms with van der Waals surface area (Å²) in [7, 11) is -3.58. The van der Waals surface area contributed by atoms with Crippen molar-refractivity contribution >= 4 is 15.9 Å². The molecule has 0 heterocycles. The highest BCUT2D eigenvalue weighted by Gasteiger charge is 2.15. The molecule has 1 aromatic rings. The van der Waals surface area contributed by atoms with Crippen molar-refractivity contribution in [2.45, 2.75) is 37.1 Å². The third kappa shape index (κ3) is 6.13. The van der Waals surface area contributed by atoms with E-state index in [2.05, 4.69) is 23.5 Å². The number of carbonyl (C=O) groups is 1. The first-order valence-corrected chi connectivity index (χ1v) is 9.14. The van der Waals surface area contributed by atoms with E-state index in [9.17, 15) is 13.2 Å². The van der Waals surface area contributed by atoms with Crippen LogP contribution in [-0.4, -0.2) is 33.5 Å². The molecule has 0 saturated heterocycles. The molecule has 0 aromatic heterocycles. The van der Waals surface area contributed by atoms with Gasteiger partial charge in [0, 0.05) is 24.7 Å². The molecular weight excluding hydrogens is 314 g/mol. The molecule has 23 heavy (non-hydrogen) atoms. The second-order valence-electron chi connectivity index (χ2n) is 5.21. The maximum absolute atomic E-state index is 12.2. The minimum atomic E-state index is -3.58. The lowest BCUT2D eigenvalue weighted by molar-refractivity contribution is 0.0935. The lowest BCUT2D eigenvalue weighted by Crippen LogP contribution is -2.40. The van der Waals surface area contributed by atoms with Crippen LogP contribution in [0.5, 0.6) is 0 Å². The molecule has 1 atom stereocenters. The second kappa shape index (κ2) is 9.44. The summed E-state index contributed by atoms with van der Waals surface area (Å²) in [6.07, 6.45) is 4.32. The molecule has 1 aromatic carbocycles. The lowest BCUT2D eigenvalue weighted by atomic mass is 10.1. The van der Waals surface area contributed by atoms with E-state index in [1.165, 1.54) is 30.3 Å². The summed E-state index contributed by atoms with van der Waals surface area (Å²) in [5, 5.41) is 2.87. The predicted octanol–water partition coefficient (Wildman–Crippen LogP) is 1.40. The normalized spacial score (nSPS) is 12.6. The third-order valence-corrected chi connectivity index (χ3v) is 4.81. The highest BCUT2D eigenvalue weighted by molar-refractivity contribution is 7.89. The number of nitrogens with two attached hydrogens (primary N) is 1. The van der Waals surface area contributed by atoms with E-state index < -0.39 is 10.0 Å². The van der Waals surface area contributed by atoms with E-state index in [-0.39, 0.29) is 23.4 Å². The van der Waals surface area contributed by atoms with Crippen LogP contribution in [-0.2, 0) is 10.0 Å². The molecule has 128 valence electrons. The molecule has 0 bridgehead atoms. The van der Waals surface area contributed by atoms with Gasteiger partial charge in [0.25, 0.3) is 5.91 Å². The Morgan fingerprint density at radius 1 is 1.35 bits per heavy atom. The Bertz CT molecular complexity index is 612. The Labute approximate surface area is 138 Å². The zero-order chi connectivity index (χ0) is 17.3. The van der Waals surface area contributed by atoms with Gasteiger partial charge in [0.15, 0.2) is 0 Å². The van der Waals surface area contributed by atoms with Crippen LogP contribution in [0.15, 0.2) is 41.8 Å². The fraction of sp³-hybridized carbons (Fsp3) is 0.438. The molecule has 0 radical (unpaired) electrons. The maximum Gasteiger partial charge on any atom is 0.251 e. The largest absolute Gasteiger partial charge is 0.348 e. The van der Waals surface area contributed by atoms with Crippen LogP contribution in [0, 0.1) is 0 Å². The zero-order valence-corrected chi connectivity index (χ0v) is 14.2. The number of nitrogens with one attached hydrogen (secondary N) is 2. The average molecular weight is 339 g/mol. The summed E-state index contributed by atoms with van der Waals surface area (Å²) in [6.45, 7) is 6.07. The first kappa shape index (κ1) is 19.3. The lowest BCUT2D eigenvalue weighted by Gasteiger charge is -2.16. The summed E-state index contributed by atoms with van der Waals surface area (Å²) in [4.78, 5) is 12.3. The first-order valence-electron chi connectivity index (χ1n) is 7.66. The van der Waals surface area contributed by atoms with Gasteiger partial charge in [-0.05, 0) is 30.7 Å². The SMILES string of the molecule is C=CCNS(=O)(=O)c1ccc(C(=O)NC(CN)CCCC)cc1. The summed E-state index contributed by atoms with van der Waals surface area (Å²) in [5.41, 5.74) is 6.06. The molecule has 0 aliphatic heterocycles. The van der Waals surface area contributed by atoms with Gasteiger partial charge in [-0.15, -0.1) is 6.58 Å². The van der Waals surface area contributed by atoms with Crippen molar-refractivity contribution in [3.63, 3.8) is 0 Å². The average Bonchev–Trinajstić information content (AvgIpc) is 2.56. The van der Waals surface area contributed by atoms with E-state index in [1.54, 1.807) is 0 Å². The summed E-state index contributed by atoms with van der Waals surface area (Å²) >= 11 is 0. The van der Waals surface area contributed by atoms with Gasteiger partial charge in [-0.3, -0.25) is 4.79 Å². The molecule has 4 N–H and O–H groups in total. The van der Waals surface area contributed by atoms with Gasteiger partial charge in [-0.1, -0.05) is 25.8 Å². The molecule has 1 rings (SSSR count). The fourth-order valence-corrected chi connectivity index (χ4v) is 3.00. The molecule has 6 nitrogen and oxygen atoms in total. The van der Waals surface area contributed by atoms with Gasteiger partial charge in [-0.25, -0.2) is 13.1 Å². The molecule has 0 aliphatic rings. The van der Waals surface area contributed by atoms with Gasteiger partial charge in [-0.2, -0.15) is 0 Å². The number of rotatable bonds is 10. The topological polar surface area (TPSA) is 101 Å². The fourth-order valence-electron chi connectivity index (χ4n) is 2.01. The van der Waals surface area contributed by atoms with Crippen molar-refractivity contribution in [3.05, 3.63) is 42.5 Å². The minimum absolute atomic E-state index is 0.0693. The van der Waals surface area contributed by atoms with Crippen molar-refractivity contribution in [1.82, 2.24) is 10.0 Å². The Kier molecular flexibility index (Phi) is 7.94. The molecule has 7 heteroatoms. The summed E-state index contributed by atoms with van der Waals surface area (Å²) < 4.78 is 26.3. The number of unbranched alkanes of at least 4 members (excludes halogenated alkanes) is 1. The Balaban J connectivity index is 2.75. The molecule has 0 spiro atoms. The van der Waals surface area contributed by atoms with E-state index in [1.807, 2.05) is 0 Å². The van der Waals surface area contributed by atoms with Gasteiger partial charge >= 0.3 is 0 Å². The van der Waals surface area contributed by atoms with Crippen molar-refractivity contribution in [3.8, 4) is 0 Å². The molecule has 0 saturated carbocycles. The zero-order valence-electron chi connectivity index (χ0n) is 13.4. The van der Waals surface area contributed by atoms with Gasteiger partial charge < -0.3 is 11.1 Å². The highest BCUT2D eigenvalue weighted by Crippen LogP contribution is 2.11. The van der Waals surface area contributed by atoms with E-state index in [4.69, 9.17) is 5.73 Å². The second-order valence-corrected chi connectivity index (χ2v) is 6.98. The Hall–Kier alpha value is -1.70. The van der Waals surface area contributed by atoms with Gasteiger partial charge in [0.1, 0.15) is 0 Å². The van der Waals surface area contributed by atoms with Crippen LogP contribution < -0.4 is 15.8 Å². The van der Waals surface area contributed by atoms with E-state index in [0.29, 0.717) is 12.1 Å².